The molecule has 0 aliphatic rings. The normalized spacial score (nSPS) is 11.5. The van der Waals surface area contributed by atoms with Crippen LogP contribution in [0.5, 0.6) is 5.88 Å². The van der Waals surface area contributed by atoms with E-state index in [9.17, 15) is 27.9 Å². The summed E-state index contributed by atoms with van der Waals surface area (Å²) in [6.45, 7) is 0. The van der Waals surface area contributed by atoms with Crippen molar-refractivity contribution in [2.75, 3.05) is 0 Å². The summed E-state index contributed by atoms with van der Waals surface area (Å²) in [4.78, 5) is 40.6. The molecule has 2 aromatic rings. The van der Waals surface area contributed by atoms with E-state index in [2.05, 4.69) is 4.99 Å². The second-order valence-corrected chi connectivity index (χ2v) is 6.07. The summed E-state index contributed by atoms with van der Waals surface area (Å²) < 4.78 is 25.0. The molecule has 2 amide bonds. The number of amides is 2. The van der Waals surface area contributed by atoms with E-state index >= 15 is 0 Å². The van der Waals surface area contributed by atoms with Crippen molar-refractivity contribution >= 4 is 28.0 Å². The second kappa shape index (κ2) is 6.37. The number of hydrogen-bond donors (Lipinski definition) is 5. The molecule has 0 aliphatic carbocycles. The van der Waals surface area contributed by atoms with E-state index in [4.69, 9.17) is 5.73 Å². The van der Waals surface area contributed by atoms with Crippen molar-refractivity contribution in [2.45, 2.75) is 4.90 Å². The van der Waals surface area contributed by atoms with Crippen LogP contribution in [0.15, 0.2) is 43.7 Å². The Morgan fingerprint density at radius 1 is 1.21 bits per heavy atom. The maximum Gasteiger partial charge on any atom is 0.328 e. The van der Waals surface area contributed by atoms with E-state index in [1.807, 2.05) is 9.97 Å². The molecule has 24 heavy (non-hydrogen) atoms. The first-order valence-electron chi connectivity index (χ1n) is 6.21. The van der Waals surface area contributed by atoms with E-state index in [0.717, 1.165) is 18.3 Å². The van der Waals surface area contributed by atoms with Crippen LogP contribution in [-0.4, -0.2) is 35.7 Å². The van der Waals surface area contributed by atoms with Crippen molar-refractivity contribution in [1.82, 2.24) is 14.7 Å². The maximum absolute atomic E-state index is 11.7. The van der Waals surface area contributed by atoms with Crippen molar-refractivity contribution in [1.29, 1.82) is 0 Å². The third-order valence-corrected chi connectivity index (χ3v) is 4.05. The molecule has 0 radical (unpaired) electrons. The van der Waals surface area contributed by atoms with Gasteiger partial charge in [-0.05, 0) is 24.3 Å². The summed E-state index contributed by atoms with van der Waals surface area (Å²) >= 11 is 0. The van der Waals surface area contributed by atoms with Gasteiger partial charge >= 0.3 is 11.7 Å². The molecule has 1 heterocycles. The molecule has 1 aromatic carbocycles. The molecule has 11 nitrogen and oxygen atoms in total. The van der Waals surface area contributed by atoms with Crippen molar-refractivity contribution in [3.8, 4) is 5.88 Å². The number of H-pyrrole nitrogens is 2. The highest BCUT2D eigenvalue weighted by Crippen LogP contribution is 2.16. The lowest BCUT2D eigenvalue weighted by Crippen LogP contribution is -2.34. The minimum Gasteiger partial charge on any atom is -0.494 e. The lowest BCUT2D eigenvalue weighted by Gasteiger charge is -2.04. The zero-order chi connectivity index (χ0) is 17.9. The quantitative estimate of drug-likeness (QED) is 0.433. The summed E-state index contributed by atoms with van der Waals surface area (Å²) in [5.41, 5.74) is 3.02. The standard InChI is InChI=1S/C12H11N5O6S/c13-11(20)17-24(22,23)7-3-1-6(2-4-7)14-5-8-9(18)15-12(21)16-10(8)19/h1-5H,(H3,13,17,20)(H3,15,16,18,19,21). The van der Waals surface area contributed by atoms with Crippen LogP contribution in [-0.2, 0) is 10.0 Å². The molecule has 12 heteroatoms. The summed E-state index contributed by atoms with van der Waals surface area (Å²) in [5.74, 6) is -0.655. The van der Waals surface area contributed by atoms with Crippen LogP contribution < -0.4 is 21.7 Å². The minimum atomic E-state index is -4.07. The first-order chi connectivity index (χ1) is 11.2. The molecule has 0 bridgehead atoms. The molecule has 2 rings (SSSR count). The Labute approximate surface area is 133 Å². The number of aliphatic imine (C=N–C) groups is 1. The number of rotatable bonds is 4. The number of aromatic nitrogens is 2. The van der Waals surface area contributed by atoms with Crippen LogP contribution in [0.2, 0.25) is 0 Å². The predicted molar refractivity (Wildman–Crippen MR) is 82.9 cm³/mol. The van der Waals surface area contributed by atoms with Gasteiger partial charge in [0, 0.05) is 6.21 Å². The lowest BCUT2D eigenvalue weighted by atomic mass is 10.3. The number of benzene rings is 1. The highest BCUT2D eigenvalue weighted by atomic mass is 32.2. The monoisotopic (exact) mass is 353 g/mol. The molecule has 6 N–H and O–H groups in total. The molecule has 126 valence electrons. The van der Waals surface area contributed by atoms with Crippen molar-refractivity contribution in [3.05, 3.63) is 50.7 Å². The van der Waals surface area contributed by atoms with Crippen molar-refractivity contribution in [2.24, 2.45) is 10.7 Å². The van der Waals surface area contributed by atoms with Crippen LogP contribution >= 0.6 is 0 Å². The fourth-order valence-corrected chi connectivity index (χ4v) is 2.52. The Hall–Kier alpha value is -3.41. The molecular weight excluding hydrogens is 342 g/mol. The van der Waals surface area contributed by atoms with Gasteiger partial charge in [-0.25, -0.2) is 22.7 Å². The number of carbonyl (C=O) groups excluding carboxylic acids is 1. The number of nitrogens with one attached hydrogen (secondary N) is 3. The van der Waals surface area contributed by atoms with E-state index in [0.29, 0.717) is 0 Å². The van der Waals surface area contributed by atoms with Crippen LogP contribution in [0.3, 0.4) is 0 Å². The topological polar surface area (TPSA) is 188 Å². The Bertz CT molecular complexity index is 1020. The first-order valence-corrected chi connectivity index (χ1v) is 7.69. The molecule has 0 spiro atoms. The number of urea groups is 1. The van der Waals surface area contributed by atoms with Crippen LogP contribution in [0.25, 0.3) is 0 Å². The number of hydrogen-bond acceptors (Lipinski definition) is 7. The number of nitrogens with two attached hydrogens (primary N) is 1. The molecule has 0 atom stereocenters. The lowest BCUT2D eigenvalue weighted by molar-refractivity contribution is 0.253. The van der Waals surface area contributed by atoms with Gasteiger partial charge in [0.15, 0.2) is 0 Å². The molecule has 0 aliphatic heterocycles. The first kappa shape index (κ1) is 17.0. The van der Waals surface area contributed by atoms with E-state index in [-0.39, 0.29) is 16.1 Å². The van der Waals surface area contributed by atoms with Crippen LogP contribution in [0, 0.1) is 0 Å². The summed E-state index contributed by atoms with van der Waals surface area (Å²) in [7, 11) is -4.07. The molecule has 0 saturated heterocycles. The van der Waals surface area contributed by atoms with Crippen LogP contribution in [0.4, 0.5) is 10.5 Å². The maximum atomic E-state index is 11.7. The summed E-state index contributed by atoms with van der Waals surface area (Å²) in [5, 5.41) is 9.49. The third-order valence-electron chi connectivity index (χ3n) is 2.68. The number of aromatic hydroxyl groups is 1. The van der Waals surface area contributed by atoms with Crippen molar-refractivity contribution < 1.29 is 18.3 Å². The molecular formula is C12H11N5O6S. The van der Waals surface area contributed by atoms with Gasteiger partial charge < -0.3 is 10.8 Å². The van der Waals surface area contributed by atoms with Gasteiger partial charge in [-0.15, -0.1) is 0 Å². The molecule has 1 aromatic heterocycles. The number of carbonyl (C=O) groups is 1. The largest absolute Gasteiger partial charge is 0.494 e. The van der Waals surface area contributed by atoms with Crippen LogP contribution in [0.1, 0.15) is 5.56 Å². The van der Waals surface area contributed by atoms with Gasteiger partial charge in [-0.1, -0.05) is 0 Å². The zero-order valence-electron chi connectivity index (χ0n) is 11.8. The number of primary amides is 1. The van der Waals surface area contributed by atoms with Gasteiger partial charge in [0.05, 0.1) is 10.6 Å². The number of aromatic amines is 2. The Kier molecular flexibility index (Phi) is 4.50. The molecule has 0 fully saturated rings. The van der Waals surface area contributed by atoms with Gasteiger partial charge in [-0.3, -0.25) is 19.8 Å². The van der Waals surface area contributed by atoms with Gasteiger partial charge in [0.1, 0.15) is 5.56 Å². The van der Waals surface area contributed by atoms with Gasteiger partial charge in [0.2, 0.25) is 5.88 Å². The average molecular weight is 353 g/mol. The van der Waals surface area contributed by atoms with Gasteiger partial charge in [0.25, 0.3) is 15.6 Å². The fourth-order valence-electron chi connectivity index (χ4n) is 1.65. The highest BCUT2D eigenvalue weighted by Gasteiger charge is 2.15. The second-order valence-electron chi connectivity index (χ2n) is 4.39. The Morgan fingerprint density at radius 3 is 2.38 bits per heavy atom. The minimum absolute atomic E-state index is 0.218. The van der Waals surface area contributed by atoms with Gasteiger partial charge in [-0.2, -0.15) is 0 Å². The Morgan fingerprint density at radius 2 is 1.83 bits per heavy atom. The third kappa shape index (κ3) is 3.86. The predicted octanol–water partition coefficient (Wildman–Crippen LogP) is -1.12. The number of nitrogens with zero attached hydrogens (tertiary/aromatic N) is 1. The fraction of sp³-hybridized carbons (Fsp3) is 0. The molecule has 0 unspecified atom stereocenters. The van der Waals surface area contributed by atoms with E-state index in [1.54, 1.807) is 4.72 Å². The summed E-state index contributed by atoms with van der Waals surface area (Å²) in [6, 6.07) is 3.69. The SMILES string of the molecule is NC(=O)NS(=O)(=O)c1ccc(N=Cc2c(O)[nH]c(=O)[nH]c2=O)cc1. The number of sulfonamides is 1. The van der Waals surface area contributed by atoms with E-state index in [1.165, 1.54) is 12.1 Å². The Balaban J connectivity index is 2.29. The average Bonchev–Trinajstić information content (AvgIpc) is 2.45. The van der Waals surface area contributed by atoms with Crippen molar-refractivity contribution in [3.63, 3.8) is 0 Å². The van der Waals surface area contributed by atoms with E-state index < -0.39 is 33.2 Å². The summed E-state index contributed by atoms with van der Waals surface area (Å²) in [6.07, 6.45) is 0.995. The highest BCUT2D eigenvalue weighted by molar-refractivity contribution is 7.90. The zero-order valence-corrected chi connectivity index (χ0v) is 12.6. The smallest absolute Gasteiger partial charge is 0.328 e. The molecule has 0 saturated carbocycles.